The third kappa shape index (κ3) is 5.62. The van der Waals surface area contributed by atoms with E-state index in [0.29, 0.717) is 0 Å². The van der Waals surface area contributed by atoms with Gasteiger partial charge in [-0.25, -0.2) is 0 Å². The topological polar surface area (TPSA) is 13.1 Å². The molecule has 13 rings (SSSR count). The van der Waals surface area contributed by atoms with Crippen LogP contribution in [0.3, 0.4) is 0 Å². The maximum absolute atomic E-state index is 2.50. The van der Waals surface area contributed by atoms with Crippen LogP contribution in [0.5, 0.6) is 0 Å². The highest BCUT2D eigenvalue weighted by molar-refractivity contribution is 6.26. The Kier molecular flexibility index (Phi) is 8.34. The molecule has 3 nitrogen and oxygen atoms in total. The maximum Gasteiger partial charge on any atom is 0.0547 e. The van der Waals surface area contributed by atoms with Gasteiger partial charge in [0.15, 0.2) is 0 Å². The van der Waals surface area contributed by atoms with Crippen LogP contribution in [0.1, 0.15) is 0 Å². The molecular formula is C62H43N3. The number of para-hydroxylation sites is 4. The number of nitrogens with zero attached hydrogens (tertiary/aromatic N) is 3. The minimum Gasteiger partial charge on any atom is -0.378 e. The molecule has 3 heteroatoms. The first-order chi connectivity index (χ1) is 32.1. The van der Waals surface area contributed by atoms with Crippen LogP contribution in [-0.4, -0.2) is 23.2 Å². The van der Waals surface area contributed by atoms with Crippen LogP contribution < -0.4 is 4.90 Å². The fraction of sp³-hybridized carbons (Fsp3) is 0.0323. The Morgan fingerprint density at radius 1 is 0.292 bits per heavy atom. The van der Waals surface area contributed by atoms with Crippen LogP contribution in [0, 0.1) is 0 Å². The van der Waals surface area contributed by atoms with Crippen LogP contribution in [-0.2, 0) is 0 Å². The highest BCUT2D eigenvalue weighted by Crippen LogP contribution is 2.49. The van der Waals surface area contributed by atoms with Gasteiger partial charge in [-0.15, -0.1) is 0 Å². The molecule has 0 unspecified atom stereocenters. The van der Waals surface area contributed by atoms with Gasteiger partial charge in [0.25, 0.3) is 0 Å². The summed E-state index contributed by atoms with van der Waals surface area (Å²) >= 11 is 0. The van der Waals surface area contributed by atoms with Crippen molar-refractivity contribution >= 4 is 81.6 Å². The second-order valence-electron chi connectivity index (χ2n) is 17.4. The predicted octanol–water partition coefficient (Wildman–Crippen LogP) is 16.4. The number of fused-ring (bicyclic) bond motifs is 9. The van der Waals surface area contributed by atoms with Crippen LogP contribution in [0.25, 0.3) is 121 Å². The molecule has 0 aliphatic rings. The zero-order chi connectivity index (χ0) is 43.2. The van der Waals surface area contributed by atoms with Gasteiger partial charge in [0.1, 0.15) is 0 Å². The molecule has 0 fully saturated rings. The van der Waals surface area contributed by atoms with E-state index in [1.807, 2.05) is 0 Å². The van der Waals surface area contributed by atoms with E-state index in [1.54, 1.807) is 0 Å². The van der Waals surface area contributed by atoms with Crippen LogP contribution in [0.15, 0.2) is 224 Å². The number of aromatic nitrogens is 2. The van der Waals surface area contributed by atoms with Crippen LogP contribution in [0.2, 0.25) is 0 Å². The number of anilines is 1. The Morgan fingerprint density at radius 3 is 1.23 bits per heavy atom. The number of hydrogen-bond acceptors (Lipinski definition) is 1. The zero-order valence-corrected chi connectivity index (χ0v) is 36.2. The first-order valence-electron chi connectivity index (χ1n) is 22.5. The summed E-state index contributed by atoms with van der Waals surface area (Å²) in [6, 6.07) is 83.0. The van der Waals surface area contributed by atoms with Gasteiger partial charge in [0.05, 0.1) is 22.1 Å². The average molecular weight is 830 g/mol. The van der Waals surface area contributed by atoms with E-state index < -0.39 is 0 Å². The molecule has 0 atom stereocenters. The summed E-state index contributed by atoms with van der Waals surface area (Å²) in [6.45, 7) is 0. The summed E-state index contributed by atoms with van der Waals surface area (Å²) in [5, 5.41) is 12.4. The summed E-state index contributed by atoms with van der Waals surface area (Å²) in [4.78, 5) is 2.23. The molecule has 0 bridgehead atoms. The number of rotatable bonds is 6. The summed E-state index contributed by atoms with van der Waals surface area (Å²) in [5.74, 6) is 0. The Bertz CT molecular complexity index is 3810. The van der Waals surface area contributed by atoms with Gasteiger partial charge in [-0.3, -0.25) is 0 Å². The summed E-state index contributed by atoms with van der Waals surface area (Å²) in [5.41, 5.74) is 15.6. The van der Waals surface area contributed by atoms with Crippen molar-refractivity contribution in [1.82, 2.24) is 9.13 Å². The lowest BCUT2D eigenvalue weighted by Crippen LogP contribution is -2.08. The molecule has 0 radical (unpaired) electrons. The van der Waals surface area contributed by atoms with Crippen LogP contribution in [0.4, 0.5) is 5.69 Å². The van der Waals surface area contributed by atoms with Crippen molar-refractivity contribution in [3.8, 4) is 44.8 Å². The maximum atomic E-state index is 2.50. The van der Waals surface area contributed by atoms with Crippen molar-refractivity contribution in [1.29, 1.82) is 0 Å². The second kappa shape index (κ2) is 14.6. The van der Waals surface area contributed by atoms with Crippen molar-refractivity contribution in [3.63, 3.8) is 0 Å². The highest BCUT2D eigenvalue weighted by atomic mass is 15.1. The molecule has 11 aromatic carbocycles. The Hall–Kier alpha value is -8.40. The first kappa shape index (κ1) is 37.2. The van der Waals surface area contributed by atoms with Gasteiger partial charge in [-0.1, -0.05) is 158 Å². The smallest absolute Gasteiger partial charge is 0.0547 e. The average Bonchev–Trinajstić information content (AvgIpc) is 3.89. The molecule has 2 aromatic heterocycles. The Morgan fingerprint density at radius 2 is 0.708 bits per heavy atom. The molecule has 0 amide bonds. The van der Waals surface area contributed by atoms with Crippen LogP contribution >= 0.6 is 0 Å². The quantitative estimate of drug-likeness (QED) is 0.152. The molecule has 0 saturated carbocycles. The summed E-state index contributed by atoms with van der Waals surface area (Å²) < 4.78 is 4.84. The molecule has 0 saturated heterocycles. The van der Waals surface area contributed by atoms with Gasteiger partial charge in [-0.05, 0) is 132 Å². The van der Waals surface area contributed by atoms with Gasteiger partial charge < -0.3 is 14.0 Å². The fourth-order valence-corrected chi connectivity index (χ4v) is 10.9. The van der Waals surface area contributed by atoms with Gasteiger partial charge >= 0.3 is 0 Å². The van der Waals surface area contributed by atoms with Gasteiger partial charge in [-0.2, -0.15) is 0 Å². The molecule has 0 aliphatic carbocycles. The summed E-state index contributed by atoms with van der Waals surface area (Å²) in [7, 11) is 4.29. The Labute approximate surface area is 377 Å². The van der Waals surface area contributed by atoms with E-state index in [1.165, 1.54) is 115 Å². The third-order valence-corrected chi connectivity index (χ3v) is 13.7. The lowest BCUT2D eigenvalue weighted by atomic mass is 9.84. The van der Waals surface area contributed by atoms with Crippen molar-refractivity contribution in [2.75, 3.05) is 19.0 Å². The molecule has 65 heavy (non-hydrogen) atoms. The van der Waals surface area contributed by atoms with Crippen molar-refractivity contribution in [2.24, 2.45) is 0 Å². The van der Waals surface area contributed by atoms with E-state index in [4.69, 9.17) is 0 Å². The minimum atomic E-state index is 1.15. The minimum absolute atomic E-state index is 1.15. The zero-order valence-electron chi connectivity index (χ0n) is 36.2. The fourth-order valence-electron chi connectivity index (χ4n) is 10.9. The molecule has 0 N–H and O–H groups in total. The standard InChI is InChI=1S/C62H43N3/c1-63(2)43-37-40-19-9-10-24-44(40)55(38-43)60-49-29-15-27-45(47-31-17-35-58-61(47)51-25-11-13-33-56(51)64(58)41-20-5-3-6-21-41)53(49)39-54-46(28-16-30-50(54)60)48-32-18-36-59-62(48)52-26-12-14-34-57(52)65(59)42-22-7-4-8-23-42/h3-39H,1-2H3. The van der Waals surface area contributed by atoms with E-state index in [2.05, 4.69) is 253 Å². The Balaban J connectivity index is 1.19. The molecule has 2 heterocycles. The van der Waals surface area contributed by atoms with Gasteiger partial charge in [0.2, 0.25) is 0 Å². The first-order valence-corrected chi connectivity index (χ1v) is 22.5. The van der Waals surface area contributed by atoms with Crippen molar-refractivity contribution < 1.29 is 0 Å². The monoisotopic (exact) mass is 829 g/mol. The molecule has 0 spiro atoms. The lowest BCUT2D eigenvalue weighted by molar-refractivity contribution is 1.14. The molecule has 306 valence electrons. The van der Waals surface area contributed by atoms with E-state index in [0.717, 1.165) is 11.4 Å². The highest BCUT2D eigenvalue weighted by Gasteiger charge is 2.23. The lowest BCUT2D eigenvalue weighted by Gasteiger charge is -2.21. The molecule has 0 aliphatic heterocycles. The largest absolute Gasteiger partial charge is 0.378 e. The second-order valence-corrected chi connectivity index (χ2v) is 17.4. The van der Waals surface area contributed by atoms with E-state index in [-0.39, 0.29) is 0 Å². The SMILES string of the molecule is CN(C)c1cc(-c2c3cccc(-c4cccc5c4c4ccccc4n5-c4ccccc4)c3cc3c(-c4cccc5c4c4ccccc4n5-c4ccccc4)cccc23)c2ccccc2c1. The molecular weight excluding hydrogens is 787 g/mol. The summed E-state index contributed by atoms with van der Waals surface area (Å²) in [6.07, 6.45) is 0. The van der Waals surface area contributed by atoms with Crippen molar-refractivity contribution in [3.05, 3.63) is 224 Å². The van der Waals surface area contributed by atoms with E-state index >= 15 is 0 Å². The van der Waals surface area contributed by atoms with Crippen molar-refractivity contribution in [2.45, 2.75) is 0 Å². The van der Waals surface area contributed by atoms with E-state index in [9.17, 15) is 0 Å². The molecule has 13 aromatic rings. The predicted molar refractivity (Wildman–Crippen MR) is 278 cm³/mol. The number of hydrogen-bond donors (Lipinski definition) is 0. The normalized spacial score (nSPS) is 11.8. The third-order valence-electron chi connectivity index (χ3n) is 13.7. The van der Waals surface area contributed by atoms with Gasteiger partial charge in [0, 0.05) is 52.7 Å². The number of benzene rings is 11.